The van der Waals surface area contributed by atoms with Crippen LogP contribution in [-0.2, 0) is 28.2 Å². The number of phosphoric acid groups is 1. The molecule has 2 N–H and O–H groups in total. The van der Waals surface area contributed by atoms with E-state index >= 15 is 0 Å². The Hall–Kier alpha value is -1.21. The van der Waals surface area contributed by atoms with E-state index in [4.69, 9.17) is 19.3 Å². The molecule has 8 nitrogen and oxygen atoms in total. The second-order valence-corrected chi connectivity index (χ2v) is 15.9. The van der Waals surface area contributed by atoms with E-state index in [1.807, 2.05) is 0 Å². The quantitative estimate of drug-likeness (QED) is 0.0275. The van der Waals surface area contributed by atoms with E-state index in [2.05, 4.69) is 30.5 Å². The van der Waals surface area contributed by atoms with E-state index in [0.29, 0.717) is 6.42 Å². The van der Waals surface area contributed by atoms with Crippen LogP contribution in [0.4, 0.5) is 0 Å². The van der Waals surface area contributed by atoms with E-state index in [0.717, 1.165) is 44.9 Å². The highest BCUT2D eigenvalue weighted by molar-refractivity contribution is 7.46. The molecule has 0 bridgehead atoms. The normalized spacial score (nSPS) is 12.5. The van der Waals surface area contributed by atoms with Gasteiger partial charge in [-0.2, -0.15) is 0 Å². The van der Waals surface area contributed by atoms with Gasteiger partial charge in [0.1, 0.15) is 6.61 Å². The molecule has 0 heterocycles. The summed E-state index contributed by atoms with van der Waals surface area (Å²) in [6.45, 7) is 3.70. The van der Waals surface area contributed by atoms with Gasteiger partial charge in [-0.15, -0.1) is 0 Å². The molecule has 1 atom stereocenters. The molecule has 0 saturated carbocycles. The van der Waals surface area contributed by atoms with Gasteiger partial charge in [0.15, 0.2) is 6.10 Å². The summed E-state index contributed by atoms with van der Waals surface area (Å²) in [5.74, 6) is -0.877. The van der Waals surface area contributed by atoms with Crippen molar-refractivity contribution >= 4 is 19.8 Å². The molecular formula is C42H81O8P. The average molecular weight is 745 g/mol. The zero-order valence-electron chi connectivity index (χ0n) is 33.3. The Morgan fingerprint density at radius 1 is 0.490 bits per heavy atom. The first-order valence-corrected chi connectivity index (χ1v) is 23.0. The summed E-state index contributed by atoms with van der Waals surface area (Å²) in [5.41, 5.74) is 0. The summed E-state index contributed by atoms with van der Waals surface area (Å²) in [6, 6.07) is 0. The lowest BCUT2D eigenvalue weighted by atomic mass is 10.0. The van der Waals surface area contributed by atoms with Crippen LogP contribution in [0.15, 0.2) is 12.2 Å². The molecule has 0 aliphatic rings. The van der Waals surface area contributed by atoms with Gasteiger partial charge >= 0.3 is 19.8 Å². The zero-order chi connectivity index (χ0) is 37.5. The molecule has 0 radical (unpaired) electrons. The van der Waals surface area contributed by atoms with Gasteiger partial charge in [-0.3, -0.25) is 14.1 Å². The van der Waals surface area contributed by atoms with Crippen molar-refractivity contribution in [2.45, 2.75) is 232 Å². The molecule has 0 aromatic carbocycles. The van der Waals surface area contributed by atoms with Crippen LogP contribution in [0.2, 0.25) is 0 Å². The summed E-state index contributed by atoms with van der Waals surface area (Å²) >= 11 is 0. The minimum Gasteiger partial charge on any atom is -0.462 e. The van der Waals surface area contributed by atoms with Crippen molar-refractivity contribution in [1.29, 1.82) is 0 Å². The molecule has 302 valence electrons. The monoisotopic (exact) mass is 745 g/mol. The lowest BCUT2D eigenvalue weighted by molar-refractivity contribution is -0.161. The maximum atomic E-state index is 12.4. The number of carbonyl (C=O) groups is 2. The Morgan fingerprint density at radius 2 is 0.824 bits per heavy atom. The highest BCUT2D eigenvalue weighted by Gasteiger charge is 2.22. The number of hydrogen-bond donors (Lipinski definition) is 2. The van der Waals surface area contributed by atoms with Gasteiger partial charge in [0.25, 0.3) is 0 Å². The van der Waals surface area contributed by atoms with E-state index in [-0.39, 0.29) is 19.4 Å². The molecule has 0 spiro atoms. The molecule has 0 fully saturated rings. The predicted molar refractivity (Wildman–Crippen MR) is 212 cm³/mol. The first kappa shape index (κ1) is 49.8. The van der Waals surface area contributed by atoms with Crippen molar-refractivity contribution in [2.75, 3.05) is 13.2 Å². The topological polar surface area (TPSA) is 119 Å². The SMILES string of the molecule is CCCCCCCC/C=C\CCCCCCCCCC(=O)O[C@H](COC(=O)CCCCCCCCCCCCCCCCCC)COP(=O)(O)O. The van der Waals surface area contributed by atoms with Gasteiger partial charge in [-0.25, -0.2) is 4.57 Å². The first-order chi connectivity index (χ1) is 24.8. The molecule has 0 aromatic rings. The van der Waals surface area contributed by atoms with Crippen LogP contribution in [0, 0.1) is 0 Å². The highest BCUT2D eigenvalue weighted by atomic mass is 31.2. The fourth-order valence-corrected chi connectivity index (χ4v) is 6.67. The Labute approximate surface area is 314 Å². The first-order valence-electron chi connectivity index (χ1n) is 21.5. The summed E-state index contributed by atoms with van der Waals surface area (Å²) < 4.78 is 26.4. The molecule has 0 rings (SSSR count). The van der Waals surface area contributed by atoms with Crippen molar-refractivity contribution in [2.24, 2.45) is 0 Å². The average Bonchev–Trinajstić information content (AvgIpc) is 3.10. The summed E-state index contributed by atoms with van der Waals surface area (Å²) in [5, 5.41) is 0. The number of carbonyl (C=O) groups excluding carboxylic acids is 2. The van der Waals surface area contributed by atoms with Crippen molar-refractivity contribution in [3.8, 4) is 0 Å². The second-order valence-electron chi connectivity index (χ2n) is 14.7. The number of ether oxygens (including phenoxy) is 2. The van der Waals surface area contributed by atoms with Crippen LogP contribution >= 0.6 is 7.82 Å². The van der Waals surface area contributed by atoms with Crippen LogP contribution in [0.1, 0.15) is 226 Å². The fourth-order valence-electron chi connectivity index (χ4n) is 6.31. The van der Waals surface area contributed by atoms with Crippen molar-refractivity contribution in [3.05, 3.63) is 12.2 Å². The molecule has 51 heavy (non-hydrogen) atoms. The number of esters is 2. The highest BCUT2D eigenvalue weighted by Crippen LogP contribution is 2.36. The minimum atomic E-state index is -4.75. The van der Waals surface area contributed by atoms with Gasteiger partial charge in [0, 0.05) is 12.8 Å². The van der Waals surface area contributed by atoms with Crippen molar-refractivity contribution < 1.29 is 37.9 Å². The zero-order valence-corrected chi connectivity index (χ0v) is 34.2. The van der Waals surface area contributed by atoms with Crippen LogP contribution in [0.25, 0.3) is 0 Å². The summed E-state index contributed by atoms with van der Waals surface area (Å²) in [4.78, 5) is 42.9. The third kappa shape index (κ3) is 41.4. The smallest absolute Gasteiger partial charge is 0.462 e. The molecule has 0 saturated heterocycles. The maximum absolute atomic E-state index is 12.4. The Kier molecular flexibility index (Phi) is 37.6. The van der Waals surface area contributed by atoms with Crippen LogP contribution in [0.5, 0.6) is 0 Å². The number of rotatable bonds is 40. The van der Waals surface area contributed by atoms with Crippen LogP contribution < -0.4 is 0 Å². The van der Waals surface area contributed by atoms with Gasteiger partial charge < -0.3 is 19.3 Å². The van der Waals surface area contributed by atoms with Gasteiger partial charge in [-0.1, -0.05) is 187 Å². The van der Waals surface area contributed by atoms with E-state index < -0.39 is 32.5 Å². The van der Waals surface area contributed by atoms with E-state index in [1.54, 1.807) is 0 Å². The largest absolute Gasteiger partial charge is 0.469 e. The second kappa shape index (κ2) is 38.5. The summed E-state index contributed by atoms with van der Waals surface area (Å²) in [7, 11) is -4.75. The molecule has 0 unspecified atom stereocenters. The van der Waals surface area contributed by atoms with Crippen molar-refractivity contribution in [3.63, 3.8) is 0 Å². The molecular weight excluding hydrogens is 663 g/mol. The van der Waals surface area contributed by atoms with Gasteiger partial charge in [0.05, 0.1) is 6.61 Å². The molecule has 0 aromatic heterocycles. The lowest BCUT2D eigenvalue weighted by Crippen LogP contribution is -2.29. The third-order valence-electron chi connectivity index (χ3n) is 9.53. The van der Waals surface area contributed by atoms with Crippen LogP contribution in [0.3, 0.4) is 0 Å². The summed E-state index contributed by atoms with van der Waals surface area (Å²) in [6.07, 6.45) is 42.1. The Bertz CT molecular complexity index is 843. The number of allylic oxidation sites excluding steroid dienone is 2. The molecule has 0 amide bonds. The third-order valence-corrected chi connectivity index (χ3v) is 10.0. The minimum absolute atomic E-state index is 0.211. The maximum Gasteiger partial charge on any atom is 0.469 e. The standard InChI is InChI=1S/C42H81O8P/c1-3-5-7-9-11-13-15-17-19-21-23-25-27-29-31-33-35-37-42(44)50-40(39-49-51(45,46)47)38-48-41(43)36-34-32-30-28-26-24-22-20-18-16-14-12-10-8-6-4-2/h17,19,40H,3-16,18,20-39H2,1-2H3,(H2,45,46,47)/b19-17-/t40-/m1/s1. The van der Waals surface area contributed by atoms with E-state index in [1.165, 1.54) is 148 Å². The predicted octanol–water partition coefficient (Wildman–Crippen LogP) is 13.0. The Morgan fingerprint density at radius 3 is 1.20 bits per heavy atom. The van der Waals surface area contributed by atoms with Gasteiger partial charge in [0.2, 0.25) is 0 Å². The number of phosphoric ester groups is 1. The Balaban J connectivity index is 3.88. The van der Waals surface area contributed by atoms with Crippen molar-refractivity contribution in [1.82, 2.24) is 0 Å². The number of unbranched alkanes of at least 4 members (excludes halogenated alkanes) is 28. The van der Waals surface area contributed by atoms with Gasteiger partial charge in [-0.05, 0) is 38.5 Å². The van der Waals surface area contributed by atoms with Crippen LogP contribution in [-0.4, -0.2) is 41.0 Å². The number of hydrogen-bond acceptors (Lipinski definition) is 6. The molecule has 9 heteroatoms. The lowest BCUT2D eigenvalue weighted by Gasteiger charge is -2.18. The van der Waals surface area contributed by atoms with E-state index in [9.17, 15) is 14.2 Å². The fraction of sp³-hybridized carbons (Fsp3) is 0.905. The molecule has 0 aliphatic carbocycles. The molecule has 0 aliphatic heterocycles.